The molecular weight excluding hydrogens is 488 g/mol. The lowest BCUT2D eigenvalue weighted by Gasteiger charge is -2.31. The van der Waals surface area contributed by atoms with Crippen molar-refractivity contribution in [2.24, 2.45) is 0 Å². The van der Waals surface area contributed by atoms with Gasteiger partial charge in [-0.25, -0.2) is 0 Å². The van der Waals surface area contributed by atoms with Gasteiger partial charge in [0.2, 0.25) is 5.91 Å². The summed E-state index contributed by atoms with van der Waals surface area (Å²) < 4.78 is 11.0. The Bertz CT molecular complexity index is 1300. The summed E-state index contributed by atoms with van der Waals surface area (Å²) in [4.78, 5) is 28.9. The molecule has 200 valence electrons. The minimum Gasteiger partial charge on any atom is -0.497 e. The summed E-state index contributed by atoms with van der Waals surface area (Å²) in [5.74, 6) is 0.942. The number of carbonyl (C=O) groups is 2. The second-order valence-corrected chi connectivity index (χ2v) is 9.20. The number of hydrogen-bond acceptors (Lipinski definition) is 4. The van der Waals surface area contributed by atoms with E-state index in [4.69, 9.17) is 9.47 Å². The van der Waals surface area contributed by atoms with E-state index in [0.717, 1.165) is 22.4 Å². The fraction of sp³-hybridized carbons (Fsp3) is 0.212. The largest absolute Gasteiger partial charge is 0.497 e. The number of amides is 2. The van der Waals surface area contributed by atoms with Gasteiger partial charge in [0.25, 0.3) is 5.91 Å². The highest BCUT2D eigenvalue weighted by Crippen LogP contribution is 2.17. The lowest BCUT2D eigenvalue weighted by Crippen LogP contribution is -2.52. The maximum absolute atomic E-state index is 13.7. The molecule has 0 aromatic heterocycles. The number of rotatable bonds is 13. The molecule has 0 aliphatic carbocycles. The summed E-state index contributed by atoms with van der Waals surface area (Å²) in [6, 6.07) is 35.8. The maximum atomic E-state index is 13.7. The topological polar surface area (TPSA) is 67.9 Å². The third kappa shape index (κ3) is 8.47. The molecule has 1 N–H and O–H groups in total. The molecule has 0 radical (unpaired) electrons. The van der Waals surface area contributed by atoms with Crippen molar-refractivity contribution in [1.82, 2.24) is 10.2 Å². The first-order valence-corrected chi connectivity index (χ1v) is 13.1. The first-order chi connectivity index (χ1) is 19.1. The number of carbonyl (C=O) groups excluding carboxylic acids is 2. The Hall–Kier alpha value is -4.58. The van der Waals surface area contributed by atoms with Crippen LogP contribution in [0.1, 0.15) is 16.7 Å². The Kier molecular flexibility index (Phi) is 10.1. The third-order valence-corrected chi connectivity index (χ3v) is 6.44. The van der Waals surface area contributed by atoms with Gasteiger partial charge in [-0.1, -0.05) is 91.0 Å². The van der Waals surface area contributed by atoms with E-state index in [2.05, 4.69) is 5.32 Å². The second-order valence-electron chi connectivity index (χ2n) is 9.20. The van der Waals surface area contributed by atoms with Crippen molar-refractivity contribution in [3.8, 4) is 11.5 Å². The van der Waals surface area contributed by atoms with E-state index in [1.165, 1.54) is 0 Å². The minimum absolute atomic E-state index is 0.165. The molecule has 0 unspecified atom stereocenters. The second kappa shape index (κ2) is 14.4. The van der Waals surface area contributed by atoms with Crippen molar-refractivity contribution >= 4 is 11.8 Å². The van der Waals surface area contributed by atoms with Crippen LogP contribution >= 0.6 is 0 Å². The molecule has 4 rings (SSSR count). The van der Waals surface area contributed by atoms with E-state index in [0.29, 0.717) is 31.7 Å². The van der Waals surface area contributed by atoms with Crippen LogP contribution in [0.15, 0.2) is 115 Å². The quantitative estimate of drug-likeness (QED) is 0.266. The van der Waals surface area contributed by atoms with Gasteiger partial charge in [-0.2, -0.15) is 0 Å². The van der Waals surface area contributed by atoms with E-state index in [1.54, 1.807) is 12.0 Å². The standard InChI is InChI=1S/C33H34N2O4/c1-38-29-19-17-26(18-20-29)21-22-34-33(37)31(23-27-11-5-2-6-12-27)35(24-28-13-7-3-8-14-28)32(36)25-39-30-15-9-4-10-16-30/h2-20,31H,21-25H2,1H3,(H,34,37)/t31-/m0/s1. The van der Waals surface area contributed by atoms with Crippen molar-refractivity contribution in [3.05, 3.63) is 132 Å². The molecule has 6 heteroatoms. The van der Waals surface area contributed by atoms with Gasteiger partial charge in [0.15, 0.2) is 6.61 Å². The average Bonchev–Trinajstić information content (AvgIpc) is 2.99. The number of benzene rings is 4. The van der Waals surface area contributed by atoms with Gasteiger partial charge in [-0.05, 0) is 47.4 Å². The number of para-hydroxylation sites is 1. The van der Waals surface area contributed by atoms with Crippen LogP contribution in [0.3, 0.4) is 0 Å². The fourth-order valence-electron chi connectivity index (χ4n) is 4.32. The van der Waals surface area contributed by atoms with Crippen LogP contribution in [0.25, 0.3) is 0 Å². The molecule has 39 heavy (non-hydrogen) atoms. The molecule has 0 aliphatic rings. The lowest BCUT2D eigenvalue weighted by molar-refractivity contribution is -0.142. The smallest absolute Gasteiger partial charge is 0.261 e. The van der Waals surface area contributed by atoms with E-state index < -0.39 is 6.04 Å². The Morgan fingerprint density at radius 1 is 0.718 bits per heavy atom. The number of nitrogens with zero attached hydrogens (tertiary/aromatic N) is 1. The van der Waals surface area contributed by atoms with Gasteiger partial charge in [0, 0.05) is 19.5 Å². The summed E-state index contributed by atoms with van der Waals surface area (Å²) in [6.45, 7) is 0.576. The molecule has 0 saturated heterocycles. The summed E-state index contributed by atoms with van der Waals surface area (Å²) in [5, 5.41) is 3.07. The normalized spacial score (nSPS) is 11.3. The zero-order valence-electron chi connectivity index (χ0n) is 22.2. The van der Waals surface area contributed by atoms with Gasteiger partial charge in [0.1, 0.15) is 17.5 Å². The number of methoxy groups -OCH3 is 1. The summed E-state index contributed by atoms with van der Waals surface area (Å²) >= 11 is 0. The molecule has 2 amide bonds. The number of ether oxygens (including phenoxy) is 2. The van der Waals surface area contributed by atoms with Crippen LogP contribution in [0.5, 0.6) is 11.5 Å². The lowest BCUT2D eigenvalue weighted by atomic mass is 10.0. The van der Waals surface area contributed by atoms with Crippen LogP contribution in [0, 0.1) is 0 Å². The molecule has 0 spiro atoms. The first-order valence-electron chi connectivity index (χ1n) is 13.1. The molecular formula is C33H34N2O4. The molecule has 4 aromatic rings. The van der Waals surface area contributed by atoms with Crippen LogP contribution < -0.4 is 14.8 Å². The molecule has 0 fully saturated rings. The molecule has 0 aliphatic heterocycles. The zero-order valence-corrected chi connectivity index (χ0v) is 22.2. The Morgan fingerprint density at radius 2 is 1.31 bits per heavy atom. The van der Waals surface area contributed by atoms with Crippen molar-refractivity contribution in [1.29, 1.82) is 0 Å². The molecule has 0 bridgehead atoms. The van der Waals surface area contributed by atoms with Crippen LogP contribution in [0.4, 0.5) is 0 Å². The van der Waals surface area contributed by atoms with Gasteiger partial charge in [-0.3, -0.25) is 9.59 Å². The average molecular weight is 523 g/mol. The van der Waals surface area contributed by atoms with E-state index >= 15 is 0 Å². The zero-order chi connectivity index (χ0) is 27.3. The minimum atomic E-state index is -0.713. The van der Waals surface area contributed by atoms with Gasteiger partial charge >= 0.3 is 0 Å². The Balaban J connectivity index is 1.53. The summed E-state index contributed by atoms with van der Waals surface area (Å²) in [5.41, 5.74) is 3.00. The fourth-order valence-corrected chi connectivity index (χ4v) is 4.32. The van der Waals surface area contributed by atoms with Crippen LogP contribution in [-0.4, -0.2) is 43.0 Å². The van der Waals surface area contributed by atoms with Crippen molar-refractivity contribution in [2.75, 3.05) is 20.3 Å². The van der Waals surface area contributed by atoms with Crippen molar-refractivity contribution in [3.63, 3.8) is 0 Å². The summed E-state index contributed by atoms with van der Waals surface area (Å²) in [7, 11) is 1.63. The van der Waals surface area contributed by atoms with Crippen LogP contribution in [0.2, 0.25) is 0 Å². The van der Waals surface area contributed by atoms with Gasteiger partial charge in [-0.15, -0.1) is 0 Å². The summed E-state index contributed by atoms with van der Waals surface area (Å²) in [6.07, 6.45) is 1.05. The molecule has 0 saturated carbocycles. The Labute approximate surface area is 230 Å². The number of hydrogen-bond donors (Lipinski definition) is 1. The highest BCUT2D eigenvalue weighted by Gasteiger charge is 2.30. The maximum Gasteiger partial charge on any atom is 0.261 e. The SMILES string of the molecule is COc1ccc(CCNC(=O)[C@H](Cc2ccccc2)N(Cc2ccccc2)C(=O)COc2ccccc2)cc1. The van der Waals surface area contributed by atoms with Crippen molar-refractivity contribution in [2.45, 2.75) is 25.4 Å². The molecule has 4 aromatic carbocycles. The molecule has 6 nitrogen and oxygen atoms in total. The highest BCUT2D eigenvalue weighted by molar-refractivity contribution is 5.88. The first kappa shape index (κ1) is 27.5. The third-order valence-electron chi connectivity index (χ3n) is 6.44. The van der Waals surface area contributed by atoms with Gasteiger partial charge in [0.05, 0.1) is 7.11 Å². The predicted molar refractivity (Wildman–Crippen MR) is 153 cm³/mol. The monoisotopic (exact) mass is 522 g/mol. The highest BCUT2D eigenvalue weighted by atomic mass is 16.5. The van der Waals surface area contributed by atoms with E-state index in [-0.39, 0.29) is 18.4 Å². The van der Waals surface area contributed by atoms with E-state index in [9.17, 15) is 9.59 Å². The number of nitrogens with one attached hydrogen (secondary N) is 1. The van der Waals surface area contributed by atoms with E-state index in [1.807, 2.05) is 115 Å². The molecule has 1 atom stereocenters. The Morgan fingerprint density at radius 3 is 1.92 bits per heavy atom. The van der Waals surface area contributed by atoms with Gasteiger partial charge < -0.3 is 19.7 Å². The predicted octanol–water partition coefficient (Wildman–Crippen LogP) is 5.07. The van der Waals surface area contributed by atoms with Crippen molar-refractivity contribution < 1.29 is 19.1 Å². The molecule has 0 heterocycles. The van der Waals surface area contributed by atoms with Crippen LogP contribution in [-0.2, 0) is 29.0 Å².